The number of nitrogens with zero attached hydrogens (tertiary/aromatic N) is 1. The van der Waals surface area contributed by atoms with E-state index in [0.717, 1.165) is 0 Å². The van der Waals surface area contributed by atoms with Gasteiger partial charge < -0.3 is 15.5 Å². The van der Waals surface area contributed by atoms with Crippen molar-refractivity contribution in [1.29, 1.82) is 0 Å². The van der Waals surface area contributed by atoms with Gasteiger partial charge in [-0.05, 0) is 13.8 Å². The molecule has 1 aliphatic heterocycles. The van der Waals surface area contributed by atoms with Crippen molar-refractivity contribution >= 4 is 17.7 Å². The maximum absolute atomic E-state index is 11.9. The van der Waals surface area contributed by atoms with Gasteiger partial charge in [0, 0.05) is 38.5 Å². The van der Waals surface area contributed by atoms with Crippen molar-refractivity contribution in [3.8, 4) is 0 Å². The number of hydrogen-bond donors (Lipinski definition) is 2. The summed E-state index contributed by atoms with van der Waals surface area (Å²) in [5.41, 5.74) is 0. The fourth-order valence-corrected chi connectivity index (χ4v) is 2.06. The maximum Gasteiger partial charge on any atom is 0.225 e. The number of carbonyl (C=O) groups excluding carboxylic acids is 3. The van der Waals surface area contributed by atoms with Crippen LogP contribution in [0.3, 0.4) is 0 Å². The second-order valence-corrected chi connectivity index (χ2v) is 5.04. The van der Waals surface area contributed by atoms with Crippen LogP contribution >= 0.6 is 0 Å². The largest absolute Gasteiger partial charge is 0.354 e. The van der Waals surface area contributed by atoms with Gasteiger partial charge in [0.25, 0.3) is 0 Å². The molecule has 1 unspecified atom stereocenters. The molecular formula is C13H23N3O3. The molecule has 1 fully saturated rings. The van der Waals surface area contributed by atoms with E-state index in [1.807, 2.05) is 13.8 Å². The van der Waals surface area contributed by atoms with E-state index in [4.69, 9.17) is 0 Å². The lowest BCUT2D eigenvalue weighted by molar-refractivity contribution is -0.129. The number of hydrogen-bond acceptors (Lipinski definition) is 3. The molecule has 0 spiro atoms. The Labute approximate surface area is 113 Å². The van der Waals surface area contributed by atoms with Gasteiger partial charge in [0.15, 0.2) is 0 Å². The molecule has 0 saturated carbocycles. The van der Waals surface area contributed by atoms with Crippen LogP contribution in [-0.2, 0) is 14.4 Å². The first-order valence-electron chi connectivity index (χ1n) is 6.79. The van der Waals surface area contributed by atoms with Crippen molar-refractivity contribution in [3.05, 3.63) is 0 Å². The van der Waals surface area contributed by atoms with E-state index >= 15 is 0 Å². The summed E-state index contributed by atoms with van der Waals surface area (Å²) in [6, 6.07) is 0.133. The van der Waals surface area contributed by atoms with E-state index in [1.54, 1.807) is 11.8 Å². The van der Waals surface area contributed by atoms with Crippen LogP contribution in [0.15, 0.2) is 0 Å². The molecule has 108 valence electrons. The quantitative estimate of drug-likeness (QED) is 0.660. The van der Waals surface area contributed by atoms with Crippen molar-refractivity contribution in [3.63, 3.8) is 0 Å². The molecule has 0 aliphatic carbocycles. The maximum atomic E-state index is 11.9. The Balaban J connectivity index is 2.28. The van der Waals surface area contributed by atoms with Gasteiger partial charge in [-0.2, -0.15) is 0 Å². The summed E-state index contributed by atoms with van der Waals surface area (Å²) < 4.78 is 0. The fraction of sp³-hybridized carbons (Fsp3) is 0.769. The average molecular weight is 269 g/mol. The molecule has 2 N–H and O–H groups in total. The molecule has 1 rings (SSSR count). The van der Waals surface area contributed by atoms with Crippen molar-refractivity contribution in [2.24, 2.45) is 5.92 Å². The summed E-state index contributed by atoms with van der Waals surface area (Å²) >= 11 is 0. The molecular weight excluding hydrogens is 246 g/mol. The van der Waals surface area contributed by atoms with Gasteiger partial charge in [-0.1, -0.05) is 6.92 Å². The zero-order chi connectivity index (χ0) is 14.4. The molecule has 3 amide bonds. The third-order valence-corrected chi connectivity index (χ3v) is 3.22. The second kappa shape index (κ2) is 7.11. The first kappa shape index (κ1) is 15.5. The highest BCUT2D eigenvalue weighted by atomic mass is 16.2. The highest BCUT2D eigenvalue weighted by Crippen LogP contribution is 2.19. The molecule has 1 heterocycles. The molecule has 6 nitrogen and oxygen atoms in total. The van der Waals surface area contributed by atoms with Crippen molar-refractivity contribution in [2.75, 3.05) is 19.6 Å². The summed E-state index contributed by atoms with van der Waals surface area (Å²) in [6.45, 7) is 6.98. The zero-order valence-corrected chi connectivity index (χ0v) is 11.9. The van der Waals surface area contributed by atoms with Crippen LogP contribution in [-0.4, -0.2) is 48.3 Å². The molecule has 0 radical (unpaired) electrons. The average Bonchev–Trinajstić information content (AvgIpc) is 2.76. The lowest BCUT2D eigenvalue weighted by Crippen LogP contribution is -2.39. The summed E-state index contributed by atoms with van der Waals surface area (Å²) in [7, 11) is 0. The zero-order valence-electron chi connectivity index (χ0n) is 11.9. The van der Waals surface area contributed by atoms with Gasteiger partial charge in [-0.3, -0.25) is 14.4 Å². The number of carbonyl (C=O) groups is 3. The van der Waals surface area contributed by atoms with E-state index < -0.39 is 0 Å². The lowest BCUT2D eigenvalue weighted by Gasteiger charge is -2.20. The third kappa shape index (κ3) is 4.54. The Bertz CT molecular complexity index is 355. The smallest absolute Gasteiger partial charge is 0.225 e. The summed E-state index contributed by atoms with van der Waals surface area (Å²) in [4.78, 5) is 36.3. The van der Waals surface area contributed by atoms with Gasteiger partial charge in [0.1, 0.15) is 0 Å². The Hall–Kier alpha value is -1.59. The standard InChI is InChI=1S/C13H23N3O3/c1-4-11(17)14-5-6-15-13(19)10-7-12(18)16(8-10)9(2)3/h9-10H,4-8H2,1-3H3,(H,14,17)(H,15,19). The first-order chi connectivity index (χ1) is 8.95. The predicted octanol–water partition coefficient (Wildman–Crippen LogP) is -0.114. The topological polar surface area (TPSA) is 78.5 Å². The van der Waals surface area contributed by atoms with Gasteiger partial charge in [-0.15, -0.1) is 0 Å². The SMILES string of the molecule is CCC(=O)NCCNC(=O)C1CC(=O)N(C(C)C)C1. The molecule has 0 aromatic rings. The lowest BCUT2D eigenvalue weighted by atomic mass is 10.1. The van der Waals surface area contributed by atoms with Crippen LogP contribution in [0.25, 0.3) is 0 Å². The van der Waals surface area contributed by atoms with Crippen molar-refractivity contribution in [1.82, 2.24) is 15.5 Å². The van der Waals surface area contributed by atoms with E-state index in [1.165, 1.54) is 0 Å². The molecule has 0 aromatic carbocycles. The Morgan fingerprint density at radius 2 is 1.95 bits per heavy atom. The van der Waals surface area contributed by atoms with E-state index in [9.17, 15) is 14.4 Å². The van der Waals surface area contributed by atoms with Gasteiger partial charge in [-0.25, -0.2) is 0 Å². The molecule has 0 bridgehead atoms. The monoisotopic (exact) mass is 269 g/mol. The molecule has 1 atom stereocenters. The number of likely N-dealkylation sites (tertiary alicyclic amines) is 1. The number of amides is 3. The van der Waals surface area contributed by atoms with E-state index in [-0.39, 0.29) is 36.1 Å². The Morgan fingerprint density at radius 1 is 1.32 bits per heavy atom. The minimum Gasteiger partial charge on any atom is -0.354 e. The third-order valence-electron chi connectivity index (χ3n) is 3.22. The molecule has 0 aromatic heterocycles. The van der Waals surface area contributed by atoms with Crippen LogP contribution in [0.4, 0.5) is 0 Å². The van der Waals surface area contributed by atoms with Crippen molar-refractivity contribution < 1.29 is 14.4 Å². The minimum atomic E-state index is -0.267. The van der Waals surface area contributed by atoms with Gasteiger partial charge in [0.2, 0.25) is 17.7 Å². The Morgan fingerprint density at radius 3 is 2.47 bits per heavy atom. The van der Waals surface area contributed by atoms with Crippen LogP contribution in [0.5, 0.6) is 0 Å². The van der Waals surface area contributed by atoms with Crippen molar-refractivity contribution in [2.45, 2.75) is 39.7 Å². The highest BCUT2D eigenvalue weighted by molar-refractivity contribution is 5.89. The van der Waals surface area contributed by atoms with Gasteiger partial charge >= 0.3 is 0 Å². The number of rotatable bonds is 6. The van der Waals surface area contributed by atoms with Crippen LogP contribution < -0.4 is 10.6 Å². The first-order valence-corrected chi connectivity index (χ1v) is 6.79. The van der Waals surface area contributed by atoms with Crippen LogP contribution in [0.2, 0.25) is 0 Å². The second-order valence-electron chi connectivity index (χ2n) is 5.04. The normalized spacial score (nSPS) is 18.8. The van der Waals surface area contributed by atoms with Crippen LogP contribution in [0, 0.1) is 5.92 Å². The fourth-order valence-electron chi connectivity index (χ4n) is 2.06. The number of nitrogens with one attached hydrogen (secondary N) is 2. The molecule has 6 heteroatoms. The summed E-state index contributed by atoms with van der Waals surface area (Å²) in [5.74, 6) is -0.371. The van der Waals surface area contributed by atoms with E-state index in [0.29, 0.717) is 26.1 Å². The Kier molecular flexibility index (Phi) is 5.79. The van der Waals surface area contributed by atoms with Gasteiger partial charge in [0.05, 0.1) is 5.92 Å². The molecule has 19 heavy (non-hydrogen) atoms. The minimum absolute atomic E-state index is 0.0312. The van der Waals surface area contributed by atoms with E-state index in [2.05, 4.69) is 10.6 Å². The predicted molar refractivity (Wildman–Crippen MR) is 71.3 cm³/mol. The summed E-state index contributed by atoms with van der Waals surface area (Å²) in [6.07, 6.45) is 0.722. The summed E-state index contributed by atoms with van der Waals surface area (Å²) in [5, 5.41) is 5.43. The molecule has 1 saturated heterocycles. The van der Waals surface area contributed by atoms with Crippen LogP contribution in [0.1, 0.15) is 33.6 Å². The highest BCUT2D eigenvalue weighted by Gasteiger charge is 2.35. The molecule has 1 aliphatic rings.